The van der Waals surface area contributed by atoms with Gasteiger partial charge in [0.25, 0.3) is 0 Å². The number of hydrogen-bond acceptors (Lipinski definition) is 4. The molecule has 31 heavy (non-hydrogen) atoms. The van der Waals surface area contributed by atoms with Crippen molar-refractivity contribution in [3.05, 3.63) is 106 Å². The zero-order valence-electron chi connectivity index (χ0n) is 16.0. The number of rotatable bonds is 6. The fraction of sp³-hybridized carbons (Fsp3) is 0. The molecular formula is C23H16Cl2N2O3S. The maximum Gasteiger partial charge on any atom is 0.333 e. The van der Waals surface area contributed by atoms with E-state index in [-0.39, 0.29) is 5.88 Å². The Kier molecular flexibility index (Phi) is 6.13. The van der Waals surface area contributed by atoms with Gasteiger partial charge < -0.3 is 4.18 Å². The summed E-state index contributed by atoms with van der Waals surface area (Å²) in [5.74, 6) is 0.0231. The van der Waals surface area contributed by atoms with Crippen molar-refractivity contribution in [1.82, 2.24) is 9.78 Å². The number of nitrogens with zero attached hydrogens (tertiary/aromatic N) is 2. The Morgan fingerprint density at radius 1 is 0.839 bits per heavy atom. The minimum absolute atomic E-state index is 0.0231. The Morgan fingerprint density at radius 2 is 1.52 bits per heavy atom. The first-order chi connectivity index (χ1) is 14.9. The molecule has 0 radical (unpaired) electrons. The van der Waals surface area contributed by atoms with Gasteiger partial charge in [0.1, 0.15) is 0 Å². The standard InChI is InChI=1S/C23H16Cl2N2O3S/c24-20-12-11-19(15-21(20)25)27-23(16-22(26-27)18-9-5-2-6-10-18)30-31(28,29)14-13-17-7-3-1-4-8-17/h1-16H/b14-13+. The molecule has 8 heteroatoms. The minimum Gasteiger partial charge on any atom is -0.358 e. The summed E-state index contributed by atoms with van der Waals surface area (Å²) < 4.78 is 32.0. The second kappa shape index (κ2) is 8.98. The lowest BCUT2D eigenvalue weighted by atomic mass is 10.2. The van der Waals surface area contributed by atoms with Gasteiger partial charge in [-0.2, -0.15) is 18.2 Å². The summed E-state index contributed by atoms with van der Waals surface area (Å²) in [6.07, 6.45) is 1.47. The first kappa shape index (κ1) is 21.2. The topological polar surface area (TPSA) is 61.2 Å². The highest BCUT2D eigenvalue weighted by molar-refractivity contribution is 7.90. The van der Waals surface area contributed by atoms with Crippen molar-refractivity contribution >= 4 is 39.4 Å². The molecule has 0 aliphatic heterocycles. The van der Waals surface area contributed by atoms with E-state index in [1.165, 1.54) is 10.8 Å². The molecule has 0 aliphatic carbocycles. The summed E-state index contributed by atoms with van der Waals surface area (Å²) >= 11 is 12.2. The molecule has 1 heterocycles. The maximum absolute atomic E-state index is 12.6. The molecule has 5 nitrogen and oxygen atoms in total. The third-order valence-electron chi connectivity index (χ3n) is 4.32. The van der Waals surface area contributed by atoms with Crippen LogP contribution in [-0.4, -0.2) is 18.2 Å². The summed E-state index contributed by atoms with van der Waals surface area (Å²) in [7, 11) is -4.05. The molecule has 0 amide bonds. The van der Waals surface area contributed by atoms with Crippen molar-refractivity contribution in [3.8, 4) is 22.8 Å². The van der Waals surface area contributed by atoms with Crippen LogP contribution in [0.5, 0.6) is 5.88 Å². The summed E-state index contributed by atoms with van der Waals surface area (Å²) in [4.78, 5) is 0. The van der Waals surface area contributed by atoms with E-state index >= 15 is 0 Å². The van der Waals surface area contributed by atoms with Gasteiger partial charge in [-0.05, 0) is 29.8 Å². The fourth-order valence-corrected chi connectivity index (χ4v) is 3.88. The molecule has 0 aliphatic rings. The molecule has 0 spiro atoms. The van der Waals surface area contributed by atoms with Gasteiger partial charge in [0, 0.05) is 11.6 Å². The Hall–Kier alpha value is -3.06. The second-order valence-electron chi connectivity index (χ2n) is 6.53. The first-order valence-corrected chi connectivity index (χ1v) is 11.4. The van der Waals surface area contributed by atoms with Crippen LogP contribution < -0.4 is 4.18 Å². The summed E-state index contributed by atoms with van der Waals surface area (Å²) in [5.41, 5.74) is 2.60. The minimum atomic E-state index is -4.05. The van der Waals surface area contributed by atoms with Crippen LogP contribution in [-0.2, 0) is 10.1 Å². The van der Waals surface area contributed by atoms with Crippen LogP contribution in [0.2, 0.25) is 10.0 Å². The fourth-order valence-electron chi connectivity index (χ4n) is 2.85. The number of benzene rings is 3. The van der Waals surface area contributed by atoms with Crippen LogP contribution in [0, 0.1) is 0 Å². The van der Waals surface area contributed by atoms with Crippen LogP contribution >= 0.6 is 23.2 Å². The van der Waals surface area contributed by atoms with E-state index in [0.29, 0.717) is 21.4 Å². The molecule has 0 unspecified atom stereocenters. The van der Waals surface area contributed by atoms with Gasteiger partial charge in [-0.25, -0.2) is 0 Å². The van der Waals surface area contributed by atoms with E-state index in [2.05, 4.69) is 5.10 Å². The van der Waals surface area contributed by atoms with Crippen molar-refractivity contribution < 1.29 is 12.6 Å². The van der Waals surface area contributed by atoms with Gasteiger partial charge >= 0.3 is 10.1 Å². The van der Waals surface area contributed by atoms with E-state index in [4.69, 9.17) is 27.4 Å². The molecule has 0 saturated carbocycles. The molecule has 3 aromatic carbocycles. The van der Waals surface area contributed by atoms with Crippen LogP contribution in [0.1, 0.15) is 5.56 Å². The molecule has 0 N–H and O–H groups in total. The summed E-state index contributed by atoms with van der Waals surface area (Å²) in [6.45, 7) is 0. The van der Waals surface area contributed by atoms with Crippen molar-refractivity contribution in [2.75, 3.05) is 0 Å². The molecule has 0 saturated heterocycles. The molecule has 0 bridgehead atoms. The van der Waals surface area contributed by atoms with E-state index in [1.54, 1.807) is 36.4 Å². The van der Waals surface area contributed by atoms with Crippen molar-refractivity contribution in [2.45, 2.75) is 0 Å². The average molecular weight is 471 g/mol. The van der Waals surface area contributed by atoms with E-state index in [9.17, 15) is 8.42 Å². The van der Waals surface area contributed by atoms with Crippen molar-refractivity contribution in [3.63, 3.8) is 0 Å². The van der Waals surface area contributed by atoms with Crippen LogP contribution in [0.25, 0.3) is 23.0 Å². The Bertz CT molecular complexity index is 1340. The largest absolute Gasteiger partial charge is 0.358 e. The molecule has 4 aromatic rings. The molecule has 156 valence electrons. The van der Waals surface area contributed by atoms with Crippen LogP contribution in [0.15, 0.2) is 90.3 Å². The van der Waals surface area contributed by atoms with E-state index in [1.807, 2.05) is 48.5 Å². The SMILES string of the molecule is O=S(=O)(/C=C/c1ccccc1)Oc1cc(-c2ccccc2)nn1-c1ccc(Cl)c(Cl)c1. The molecule has 4 rings (SSSR count). The quantitative estimate of drug-likeness (QED) is 0.313. The van der Waals surface area contributed by atoms with Gasteiger partial charge in [0.2, 0.25) is 5.88 Å². The predicted molar refractivity (Wildman–Crippen MR) is 124 cm³/mol. The third kappa shape index (κ3) is 5.17. The Morgan fingerprint density at radius 3 is 2.19 bits per heavy atom. The maximum atomic E-state index is 12.6. The van der Waals surface area contributed by atoms with E-state index < -0.39 is 10.1 Å². The van der Waals surface area contributed by atoms with Crippen molar-refractivity contribution in [1.29, 1.82) is 0 Å². The third-order valence-corrected chi connectivity index (χ3v) is 5.93. The predicted octanol–water partition coefficient (Wildman–Crippen LogP) is 6.23. The van der Waals surface area contributed by atoms with Gasteiger partial charge in [0.15, 0.2) is 0 Å². The second-order valence-corrected chi connectivity index (χ2v) is 8.77. The van der Waals surface area contributed by atoms with E-state index in [0.717, 1.165) is 16.5 Å². The molecule has 0 atom stereocenters. The van der Waals surface area contributed by atoms with Gasteiger partial charge in [0.05, 0.1) is 26.8 Å². The highest BCUT2D eigenvalue weighted by atomic mass is 35.5. The Labute approximate surface area is 190 Å². The van der Waals surface area contributed by atoms with Gasteiger partial charge in [-0.3, -0.25) is 0 Å². The zero-order chi connectivity index (χ0) is 21.8. The molecule has 0 fully saturated rings. The van der Waals surface area contributed by atoms with Crippen LogP contribution in [0.4, 0.5) is 0 Å². The normalized spacial score (nSPS) is 11.7. The summed E-state index contributed by atoms with van der Waals surface area (Å²) in [5, 5.41) is 6.23. The number of hydrogen-bond donors (Lipinski definition) is 0. The highest BCUT2D eigenvalue weighted by Gasteiger charge is 2.18. The summed E-state index contributed by atoms with van der Waals surface area (Å²) in [6, 6.07) is 24.9. The lowest BCUT2D eigenvalue weighted by Crippen LogP contribution is -2.09. The monoisotopic (exact) mass is 470 g/mol. The smallest absolute Gasteiger partial charge is 0.333 e. The van der Waals surface area contributed by atoms with Crippen molar-refractivity contribution in [2.24, 2.45) is 0 Å². The van der Waals surface area contributed by atoms with Gasteiger partial charge in [-0.15, -0.1) is 0 Å². The zero-order valence-corrected chi connectivity index (χ0v) is 18.3. The first-order valence-electron chi connectivity index (χ1n) is 9.20. The average Bonchev–Trinajstić information content (AvgIpc) is 3.19. The lowest BCUT2D eigenvalue weighted by molar-refractivity contribution is 0.474. The highest BCUT2D eigenvalue weighted by Crippen LogP contribution is 2.30. The Balaban J connectivity index is 1.74. The molecular weight excluding hydrogens is 455 g/mol. The number of halogens is 2. The number of aromatic nitrogens is 2. The molecule has 1 aromatic heterocycles. The lowest BCUT2D eigenvalue weighted by Gasteiger charge is -2.08. The van der Waals surface area contributed by atoms with Gasteiger partial charge in [-0.1, -0.05) is 83.9 Å². The van der Waals surface area contributed by atoms with Crippen LogP contribution in [0.3, 0.4) is 0 Å².